The molecule has 1 aromatic rings. The summed E-state index contributed by atoms with van der Waals surface area (Å²) in [5, 5.41) is 0. The Morgan fingerprint density at radius 1 is 0.900 bits per heavy atom. The van der Waals surface area contributed by atoms with Gasteiger partial charge in [0.05, 0.1) is 13.7 Å². The third-order valence-electron chi connectivity index (χ3n) is 7.22. The highest BCUT2D eigenvalue weighted by Crippen LogP contribution is 2.26. The number of hydrogen-bond acceptors (Lipinski definition) is 5. The van der Waals surface area contributed by atoms with Crippen molar-refractivity contribution in [1.82, 2.24) is 14.7 Å². The third kappa shape index (κ3) is 6.43. The average Bonchev–Trinajstić information content (AvgIpc) is 2.80. The molecule has 2 atom stereocenters. The molecule has 168 valence electrons. The number of fused-ring (bicyclic) bond motifs is 1. The summed E-state index contributed by atoms with van der Waals surface area (Å²) in [6.45, 7) is 11.6. The minimum Gasteiger partial charge on any atom is -0.497 e. The van der Waals surface area contributed by atoms with Crippen LogP contribution in [-0.2, 0) is 11.3 Å². The maximum Gasteiger partial charge on any atom is 0.118 e. The molecule has 3 saturated heterocycles. The number of piperazine rings is 1. The zero-order valence-corrected chi connectivity index (χ0v) is 18.9. The Morgan fingerprint density at radius 3 is 2.53 bits per heavy atom. The lowest BCUT2D eigenvalue weighted by Crippen LogP contribution is -2.56. The lowest BCUT2D eigenvalue weighted by atomic mass is 9.91. The van der Waals surface area contributed by atoms with E-state index in [0.717, 1.165) is 37.5 Å². The first-order valence-corrected chi connectivity index (χ1v) is 12.2. The number of methoxy groups -OCH3 is 1. The highest BCUT2D eigenvalue weighted by atomic mass is 16.5. The average molecular weight is 416 g/mol. The van der Waals surface area contributed by atoms with Crippen LogP contribution in [0.5, 0.6) is 5.75 Å². The van der Waals surface area contributed by atoms with Gasteiger partial charge >= 0.3 is 0 Å². The minimum absolute atomic E-state index is 0.726. The van der Waals surface area contributed by atoms with Crippen molar-refractivity contribution in [2.24, 2.45) is 5.92 Å². The van der Waals surface area contributed by atoms with Crippen LogP contribution in [0.4, 0.5) is 0 Å². The fourth-order valence-corrected chi connectivity index (χ4v) is 5.41. The van der Waals surface area contributed by atoms with E-state index in [-0.39, 0.29) is 0 Å². The van der Waals surface area contributed by atoms with Gasteiger partial charge in [0.1, 0.15) is 5.75 Å². The second-order valence-corrected chi connectivity index (χ2v) is 9.51. The summed E-state index contributed by atoms with van der Waals surface area (Å²) in [6.07, 6.45) is 8.03. The molecule has 1 aromatic carbocycles. The fraction of sp³-hybridized carbons (Fsp3) is 0.760. The summed E-state index contributed by atoms with van der Waals surface area (Å²) in [5.74, 6) is 1.67. The van der Waals surface area contributed by atoms with Gasteiger partial charge in [-0.25, -0.2) is 0 Å². The van der Waals surface area contributed by atoms with E-state index in [1.807, 2.05) is 0 Å². The molecule has 3 aliphatic rings. The monoisotopic (exact) mass is 415 g/mol. The van der Waals surface area contributed by atoms with E-state index in [2.05, 4.69) is 39.0 Å². The molecule has 0 aromatic heterocycles. The van der Waals surface area contributed by atoms with Crippen LogP contribution < -0.4 is 4.74 Å². The Bertz CT molecular complexity index is 617. The lowest BCUT2D eigenvalue weighted by Gasteiger charge is -2.46. The molecule has 0 saturated carbocycles. The molecule has 5 heteroatoms. The summed E-state index contributed by atoms with van der Waals surface area (Å²) in [6, 6.07) is 9.27. The van der Waals surface area contributed by atoms with Crippen LogP contribution in [0.1, 0.15) is 44.1 Å². The smallest absolute Gasteiger partial charge is 0.118 e. The van der Waals surface area contributed by atoms with Gasteiger partial charge in [-0.1, -0.05) is 18.6 Å². The Labute approximate surface area is 183 Å². The van der Waals surface area contributed by atoms with Crippen LogP contribution >= 0.6 is 0 Å². The van der Waals surface area contributed by atoms with Crippen LogP contribution in [-0.4, -0.2) is 86.9 Å². The first-order chi connectivity index (χ1) is 14.8. The van der Waals surface area contributed by atoms with Crippen molar-refractivity contribution in [1.29, 1.82) is 0 Å². The Kier molecular flexibility index (Phi) is 8.44. The zero-order chi connectivity index (χ0) is 20.6. The predicted molar refractivity (Wildman–Crippen MR) is 122 cm³/mol. The molecule has 3 aliphatic heterocycles. The van der Waals surface area contributed by atoms with Gasteiger partial charge < -0.3 is 14.4 Å². The molecule has 0 aliphatic carbocycles. The van der Waals surface area contributed by atoms with Crippen molar-refractivity contribution in [3.63, 3.8) is 0 Å². The van der Waals surface area contributed by atoms with Gasteiger partial charge in [0.2, 0.25) is 0 Å². The van der Waals surface area contributed by atoms with E-state index >= 15 is 0 Å². The van der Waals surface area contributed by atoms with E-state index in [9.17, 15) is 0 Å². The number of piperidine rings is 2. The number of nitrogens with zero attached hydrogens (tertiary/aromatic N) is 3. The quantitative estimate of drug-likeness (QED) is 0.576. The summed E-state index contributed by atoms with van der Waals surface area (Å²) in [7, 11) is 1.73. The van der Waals surface area contributed by atoms with Gasteiger partial charge in [-0.15, -0.1) is 0 Å². The van der Waals surface area contributed by atoms with Crippen LogP contribution in [0.25, 0.3) is 0 Å². The number of rotatable bonds is 9. The Morgan fingerprint density at radius 2 is 1.73 bits per heavy atom. The van der Waals surface area contributed by atoms with Crippen LogP contribution in [0.3, 0.4) is 0 Å². The van der Waals surface area contributed by atoms with Gasteiger partial charge in [-0.2, -0.15) is 0 Å². The molecule has 3 fully saturated rings. The Balaban J connectivity index is 1.11. The van der Waals surface area contributed by atoms with Crippen molar-refractivity contribution < 1.29 is 9.47 Å². The highest BCUT2D eigenvalue weighted by molar-refractivity contribution is 5.27. The van der Waals surface area contributed by atoms with E-state index in [0.29, 0.717) is 0 Å². The topological polar surface area (TPSA) is 28.2 Å². The summed E-state index contributed by atoms with van der Waals surface area (Å²) in [5.41, 5.74) is 1.39. The number of ether oxygens (including phenoxy) is 2. The second kappa shape index (κ2) is 11.5. The second-order valence-electron chi connectivity index (χ2n) is 9.51. The maximum atomic E-state index is 6.09. The first kappa shape index (κ1) is 22.1. The lowest BCUT2D eigenvalue weighted by molar-refractivity contribution is -0.00316. The highest BCUT2D eigenvalue weighted by Gasteiger charge is 2.32. The first-order valence-electron chi connectivity index (χ1n) is 12.2. The summed E-state index contributed by atoms with van der Waals surface area (Å²) in [4.78, 5) is 7.97. The molecule has 5 nitrogen and oxygen atoms in total. The molecule has 1 unspecified atom stereocenters. The molecular weight excluding hydrogens is 374 g/mol. The summed E-state index contributed by atoms with van der Waals surface area (Å²) >= 11 is 0. The van der Waals surface area contributed by atoms with Crippen molar-refractivity contribution in [3.8, 4) is 5.75 Å². The normalized spacial score (nSPS) is 26.4. The van der Waals surface area contributed by atoms with Crippen LogP contribution in [0.2, 0.25) is 0 Å². The molecule has 0 amide bonds. The third-order valence-corrected chi connectivity index (χ3v) is 7.22. The molecular formula is C25H41N3O2. The van der Waals surface area contributed by atoms with Gasteiger partial charge in [-0.3, -0.25) is 9.80 Å². The van der Waals surface area contributed by atoms with Gasteiger partial charge in [0.15, 0.2) is 0 Å². The molecule has 3 heterocycles. The molecule has 30 heavy (non-hydrogen) atoms. The van der Waals surface area contributed by atoms with E-state index in [1.54, 1.807) is 7.11 Å². The van der Waals surface area contributed by atoms with Crippen molar-refractivity contribution >= 4 is 0 Å². The van der Waals surface area contributed by atoms with E-state index in [1.165, 1.54) is 89.9 Å². The van der Waals surface area contributed by atoms with Gasteiger partial charge in [0.25, 0.3) is 0 Å². The number of likely N-dealkylation sites (tertiary alicyclic amines) is 1. The van der Waals surface area contributed by atoms with Crippen LogP contribution in [0, 0.1) is 5.92 Å². The van der Waals surface area contributed by atoms with Crippen LogP contribution in [0.15, 0.2) is 24.3 Å². The largest absolute Gasteiger partial charge is 0.497 e. The molecule has 0 N–H and O–H groups in total. The molecule has 0 radical (unpaired) electrons. The number of hydrogen-bond donors (Lipinski definition) is 0. The Hall–Kier alpha value is -1.14. The predicted octanol–water partition coefficient (Wildman–Crippen LogP) is 3.48. The van der Waals surface area contributed by atoms with E-state index < -0.39 is 0 Å². The van der Waals surface area contributed by atoms with Gasteiger partial charge in [0, 0.05) is 51.9 Å². The van der Waals surface area contributed by atoms with Crippen molar-refractivity contribution in [2.45, 2.75) is 51.1 Å². The van der Waals surface area contributed by atoms with E-state index in [4.69, 9.17) is 9.47 Å². The van der Waals surface area contributed by atoms with Gasteiger partial charge in [-0.05, 0) is 68.8 Å². The summed E-state index contributed by atoms with van der Waals surface area (Å²) < 4.78 is 11.4. The minimum atomic E-state index is 0.726. The van der Waals surface area contributed by atoms with Crippen molar-refractivity contribution in [3.05, 3.63) is 29.8 Å². The molecule has 0 bridgehead atoms. The van der Waals surface area contributed by atoms with Crippen molar-refractivity contribution in [2.75, 3.05) is 66.1 Å². The molecule has 4 rings (SSSR count). The SMILES string of the molecule is COc1ccc(CN2CCN3CC(COCCCN4CCCCC4)CC[C@H]3C2)cc1. The molecule has 0 spiro atoms. The standard InChI is InChI=1S/C25H41N3O2/c1-29-25-10-7-22(8-11-25)18-27-15-16-28-19-23(6-9-24(28)20-27)21-30-17-5-14-26-12-3-2-4-13-26/h7-8,10-11,23-24H,2-6,9,12-21H2,1H3/t23?,24-/m0/s1. The zero-order valence-electron chi connectivity index (χ0n) is 18.9. The number of benzene rings is 1. The fourth-order valence-electron chi connectivity index (χ4n) is 5.41. The maximum absolute atomic E-state index is 6.09.